The van der Waals surface area contributed by atoms with E-state index in [2.05, 4.69) is 43.5 Å². The van der Waals surface area contributed by atoms with Crippen LogP contribution >= 0.6 is 11.6 Å². The monoisotopic (exact) mass is 530 g/mol. The van der Waals surface area contributed by atoms with Crippen molar-refractivity contribution in [1.29, 1.82) is 0 Å². The van der Waals surface area contributed by atoms with Crippen molar-refractivity contribution in [1.82, 2.24) is 20.2 Å². The average molecular weight is 531 g/mol. The van der Waals surface area contributed by atoms with E-state index in [9.17, 15) is 4.79 Å². The summed E-state index contributed by atoms with van der Waals surface area (Å²) in [7, 11) is 1.68. The minimum Gasteiger partial charge on any atom is -0.497 e. The molecule has 1 aliphatic heterocycles. The van der Waals surface area contributed by atoms with Gasteiger partial charge >= 0.3 is 0 Å². The number of aromatic nitrogens is 2. The van der Waals surface area contributed by atoms with Crippen molar-refractivity contribution in [3.8, 4) is 5.75 Å². The Morgan fingerprint density at radius 1 is 1.08 bits per heavy atom. The van der Waals surface area contributed by atoms with Gasteiger partial charge in [-0.3, -0.25) is 20.0 Å². The second-order valence-corrected chi connectivity index (χ2v) is 11.5. The first-order valence-corrected chi connectivity index (χ1v) is 13.5. The van der Waals surface area contributed by atoms with Crippen LogP contribution < -0.4 is 20.9 Å². The van der Waals surface area contributed by atoms with E-state index in [4.69, 9.17) is 21.3 Å². The maximum atomic E-state index is 13.7. The first-order chi connectivity index (χ1) is 18.2. The summed E-state index contributed by atoms with van der Waals surface area (Å²) >= 11 is 6.27. The van der Waals surface area contributed by atoms with E-state index in [1.807, 2.05) is 47.0 Å². The largest absolute Gasteiger partial charge is 0.497 e. The van der Waals surface area contributed by atoms with Crippen molar-refractivity contribution < 1.29 is 4.74 Å². The third-order valence-electron chi connectivity index (χ3n) is 7.33. The van der Waals surface area contributed by atoms with Crippen LogP contribution in [-0.2, 0) is 18.6 Å². The molecular formula is C31H35ClN4O2. The van der Waals surface area contributed by atoms with Gasteiger partial charge in [0.1, 0.15) is 11.6 Å². The van der Waals surface area contributed by atoms with E-state index in [-0.39, 0.29) is 17.0 Å². The van der Waals surface area contributed by atoms with Crippen molar-refractivity contribution in [2.45, 2.75) is 51.4 Å². The van der Waals surface area contributed by atoms with Crippen molar-refractivity contribution in [3.05, 3.63) is 105 Å². The molecule has 0 bridgehead atoms. The molecule has 2 N–H and O–H groups in total. The SMILES string of the molecule is COc1ccc(C2(CC(C)Cc3nc4cc(Cl)ccc4c(=O)n3Cc3ccccc3)NCC(C)(C)N2)cc1. The van der Waals surface area contributed by atoms with Gasteiger partial charge in [-0.05, 0) is 67.6 Å². The summed E-state index contributed by atoms with van der Waals surface area (Å²) in [5.41, 5.74) is 2.36. The van der Waals surface area contributed by atoms with E-state index in [0.717, 1.165) is 35.7 Å². The summed E-state index contributed by atoms with van der Waals surface area (Å²) in [5.74, 6) is 1.80. The van der Waals surface area contributed by atoms with Crippen LogP contribution in [0, 0.1) is 5.92 Å². The van der Waals surface area contributed by atoms with Gasteiger partial charge in [0, 0.05) is 23.5 Å². The Bertz CT molecular complexity index is 1480. The predicted octanol–water partition coefficient (Wildman–Crippen LogP) is 5.50. The summed E-state index contributed by atoms with van der Waals surface area (Å²) < 4.78 is 7.21. The second kappa shape index (κ2) is 10.5. The lowest BCUT2D eigenvalue weighted by Crippen LogP contribution is -2.50. The number of benzene rings is 3. The van der Waals surface area contributed by atoms with Gasteiger partial charge in [0.2, 0.25) is 0 Å². The van der Waals surface area contributed by atoms with Gasteiger partial charge in [-0.2, -0.15) is 0 Å². The highest BCUT2D eigenvalue weighted by Gasteiger charge is 2.44. The van der Waals surface area contributed by atoms with Gasteiger partial charge in [-0.15, -0.1) is 0 Å². The molecule has 198 valence electrons. The number of hydrogen-bond donors (Lipinski definition) is 2. The van der Waals surface area contributed by atoms with E-state index in [0.29, 0.717) is 28.9 Å². The molecular weight excluding hydrogens is 496 g/mol. The summed E-state index contributed by atoms with van der Waals surface area (Å²) in [6, 6.07) is 23.6. The fourth-order valence-electron chi connectivity index (χ4n) is 5.56. The molecule has 0 aliphatic carbocycles. The topological polar surface area (TPSA) is 68.2 Å². The predicted molar refractivity (Wildman–Crippen MR) is 154 cm³/mol. The molecule has 0 spiro atoms. The van der Waals surface area contributed by atoms with Gasteiger partial charge in [0.15, 0.2) is 0 Å². The molecule has 2 unspecified atom stereocenters. The highest BCUT2D eigenvalue weighted by Crippen LogP contribution is 2.35. The van der Waals surface area contributed by atoms with Crippen molar-refractivity contribution >= 4 is 22.5 Å². The van der Waals surface area contributed by atoms with Crippen LogP contribution in [0.1, 0.15) is 44.1 Å². The molecule has 7 heteroatoms. The van der Waals surface area contributed by atoms with Crippen LogP contribution in [0.4, 0.5) is 0 Å². The first kappa shape index (κ1) is 26.4. The number of hydrogen-bond acceptors (Lipinski definition) is 5. The Hall–Kier alpha value is -3.19. The molecule has 38 heavy (non-hydrogen) atoms. The van der Waals surface area contributed by atoms with Gasteiger partial charge in [-0.1, -0.05) is 61.0 Å². The average Bonchev–Trinajstić information content (AvgIpc) is 3.21. The number of methoxy groups -OCH3 is 1. The van der Waals surface area contributed by atoms with Crippen LogP contribution in [-0.4, -0.2) is 28.7 Å². The minimum absolute atomic E-state index is 0.0409. The first-order valence-electron chi connectivity index (χ1n) is 13.1. The van der Waals surface area contributed by atoms with Gasteiger partial charge in [0.25, 0.3) is 5.56 Å². The van der Waals surface area contributed by atoms with Crippen LogP contribution in [0.2, 0.25) is 5.02 Å². The Kier molecular flexibility index (Phi) is 7.32. The number of ether oxygens (including phenoxy) is 1. The molecule has 0 amide bonds. The normalized spacial score (nSPS) is 19.5. The number of fused-ring (bicyclic) bond motifs is 1. The molecule has 1 aliphatic rings. The number of halogens is 1. The van der Waals surface area contributed by atoms with Crippen LogP contribution in [0.15, 0.2) is 77.6 Å². The smallest absolute Gasteiger partial charge is 0.261 e. The summed E-state index contributed by atoms with van der Waals surface area (Å²) in [5, 5.41) is 8.79. The highest BCUT2D eigenvalue weighted by atomic mass is 35.5. The highest BCUT2D eigenvalue weighted by molar-refractivity contribution is 6.31. The Morgan fingerprint density at radius 2 is 1.82 bits per heavy atom. The third-order valence-corrected chi connectivity index (χ3v) is 7.57. The summed E-state index contributed by atoms with van der Waals surface area (Å²) in [6.07, 6.45) is 1.46. The zero-order valence-corrected chi connectivity index (χ0v) is 23.2. The van der Waals surface area contributed by atoms with Crippen molar-refractivity contribution in [2.75, 3.05) is 13.7 Å². The molecule has 2 heterocycles. The van der Waals surface area contributed by atoms with Gasteiger partial charge in [0.05, 0.1) is 30.2 Å². The Balaban J connectivity index is 1.50. The van der Waals surface area contributed by atoms with E-state index in [1.165, 1.54) is 0 Å². The molecule has 1 aromatic heterocycles. The number of rotatable bonds is 8. The van der Waals surface area contributed by atoms with Gasteiger partial charge in [-0.25, -0.2) is 4.98 Å². The molecule has 5 rings (SSSR count). The number of nitrogens with one attached hydrogen (secondary N) is 2. The lowest BCUT2D eigenvalue weighted by Gasteiger charge is -2.35. The van der Waals surface area contributed by atoms with Crippen molar-refractivity contribution in [3.63, 3.8) is 0 Å². The molecule has 1 saturated heterocycles. The maximum absolute atomic E-state index is 13.7. The molecule has 0 radical (unpaired) electrons. The van der Waals surface area contributed by atoms with Gasteiger partial charge < -0.3 is 4.74 Å². The van der Waals surface area contributed by atoms with E-state index < -0.39 is 5.66 Å². The Labute approximate surface area is 229 Å². The fraction of sp³-hybridized carbons (Fsp3) is 0.355. The summed E-state index contributed by atoms with van der Waals surface area (Å²) in [6.45, 7) is 7.96. The molecule has 2 atom stereocenters. The lowest BCUT2D eigenvalue weighted by molar-refractivity contribution is 0.241. The Morgan fingerprint density at radius 3 is 2.47 bits per heavy atom. The number of nitrogens with zero attached hydrogens (tertiary/aromatic N) is 2. The van der Waals surface area contributed by atoms with Crippen LogP contribution in [0.5, 0.6) is 5.75 Å². The molecule has 4 aromatic rings. The zero-order chi connectivity index (χ0) is 26.9. The van der Waals surface area contributed by atoms with E-state index in [1.54, 1.807) is 25.3 Å². The molecule has 6 nitrogen and oxygen atoms in total. The molecule has 3 aromatic carbocycles. The summed E-state index contributed by atoms with van der Waals surface area (Å²) in [4.78, 5) is 18.6. The second-order valence-electron chi connectivity index (χ2n) is 11.1. The zero-order valence-electron chi connectivity index (χ0n) is 22.4. The minimum atomic E-state index is -0.403. The molecule has 1 fully saturated rings. The standard InChI is InChI=1S/C31H35ClN4O2/c1-21(18-31(33-20-30(2,3)35-31)23-10-13-25(38-4)14-11-23)16-28-34-27-17-24(32)12-15-26(27)29(37)36(28)19-22-8-6-5-7-9-22/h5-15,17,21,33,35H,16,18-20H2,1-4H3. The van der Waals surface area contributed by atoms with E-state index >= 15 is 0 Å². The molecule has 0 saturated carbocycles. The van der Waals surface area contributed by atoms with Crippen LogP contribution in [0.25, 0.3) is 10.9 Å². The lowest BCUT2D eigenvalue weighted by atomic mass is 9.87. The van der Waals surface area contributed by atoms with Crippen molar-refractivity contribution in [2.24, 2.45) is 5.92 Å². The van der Waals surface area contributed by atoms with Crippen LogP contribution in [0.3, 0.4) is 0 Å². The third kappa shape index (κ3) is 5.48. The maximum Gasteiger partial charge on any atom is 0.261 e. The fourth-order valence-corrected chi connectivity index (χ4v) is 5.73. The quantitative estimate of drug-likeness (QED) is 0.315.